The summed E-state index contributed by atoms with van der Waals surface area (Å²) in [5.41, 5.74) is 1.04. The molecule has 2 rings (SSSR count). The van der Waals surface area contributed by atoms with E-state index in [-0.39, 0.29) is 0 Å². The molecule has 0 spiro atoms. The Kier molecular flexibility index (Phi) is 6.18. The van der Waals surface area contributed by atoms with Crippen molar-refractivity contribution in [1.29, 1.82) is 0 Å². The van der Waals surface area contributed by atoms with Crippen molar-refractivity contribution in [1.82, 2.24) is 0 Å². The monoisotopic (exact) mass is 362 g/mol. The minimum Gasteiger partial charge on any atom is -0.0710 e. The van der Waals surface area contributed by atoms with Crippen LogP contribution in [0.5, 0.6) is 0 Å². The van der Waals surface area contributed by atoms with E-state index in [1.807, 2.05) is 0 Å². The maximum Gasteiger partial charge on any atom is 0.0798 e. The lowest BCUT2D eigenvalue weighted by Gasteiger charge is -2.49. The van der Waals surface area contributed by atoms with E-state index in [1.54, 1.807) is 11.2 Å². The summed E-state index contributed by atoms with van der Waals surface area (Å²) >= 11 is 0. The molecule has 130 valence electrons. The summed E-state index contributed by atoms with van der Waals surface area (Å²) in [6, 6.07) is 14.9. The summed E-state index contributed by atoms with van der Waals surface area (Å²) in [7, 11) is -3.55. The van der Waals surface area contributed by atoms with E-state index in [4.69, 9.17) is 0 Å². The fourth-order valence-corrected chi connectivity index (χ4v) is 25.1. The molecule has 0 aliphatic heterocycles. The lowest BCUT2D eigenvalue weighted by molar-refractivity contribution is 0.496. The van der Waals surface area contributed by atoms with Gasteiger partial charge in [-0.1, -0.05) is 119 Å². The van der Waals surface area contributed by atoms with Gasteiger partial charge >= 0.3 is 0 Å². The van der Waals surface area contributed by atoms with E-state index in [1.165, 1.54) is 38.1 Å². The van der Waals surface area contributed by atoms with E-state index in [0.717, 1.165) is 5.54 Å². The van der Waals surface area contributed by atoms with Crippen molar-refractivity contribution in [3.63, 3.8) is 0 Å². The highest BCUT2D eigenvalue weighted by molar-refractivity contribution is 7.46. The molecule has 1 aromatic rings. The van der Waals surface area contributed by atoms with Crippen LogP contribution in [0, 0.1) is 0 Å². The molecule has 1 aromatic carbocycles. The topological polar surface area (TPSA) is 0 Å². The molecule has 23 heavy (non-hydrogen) atoms. The molecule has 1 aliphatic rings. The molecule has 0 saturated heterocycles. The fourth-order valence-electron chi connectivity index (χ4n) is 4.59. The minimum atomic E-state index is -1.39. The van der Waals surface area contributed by atoms with Gasteiger partial charge in [0, 0.05) is 15.7 Å². The Bertz CT molecular complexity index is 483. The Hall–Kier alpha value is -0.129. The van der Waals surface area contributed by atoms with Crippen LogP contribution in [0.25, 0.3) is 0 Å². The van der Waals surface area contributed by atoms with Crippen LogP contribution < -0.4 is 5.19 Å². The van der Waals surface area contributed by atoms with Gasteiger partial charge in [-0.3, -0.25) is 0 Å². The van der Waals surface area contributed by atoms with Crippen LogP contribution in [0.3, 0.4) is 0 Å². The highest BCUT2D eigenvalue weighted by atomic mass is 29.3. The minimum absolute atomic E-state index is 0.939. The maximum atomic E-state index is 2.79. The average molecular weight is 363 g/mol. The Labute approximate surface area is 147 Å². The van der Waals surface area contributed by atoms with Crippen molar-refractivity contribution in [3.05, 3.63) is 30.3 Å². The maximum absolute atomic E-state index is 2.79. The summed E-state index contributed by atoms with van der Waals surface area (Å²) in [5, 5.41) is 1.78. The molecular weight excluding hydrogens is 324 g/mol. The molecule has 1 fully saturated rings. The van der Waals surface area contributed by atoms with E-state index in [0.29, 0.717) is 0 Å². The molecule has 1 atom stereocenters. The lowest BCUT2D eigenvalue weighted by Crippen LogP contribution is -2.68. The zero-order valence-corrected chi connectivity index (χ0v) is 19.4. The highest BCUT2D eigenvalue weighted by Crippen LogP contribution is 2.43. The van der Waals surface area contributed by atoms with Gasteiger partial charge in [0.15, 0.2) is 0 Å². The Morgan fingerprint density at radius 1 is 0.783 bits per heavy atom. The fraction of sp³-hybridized carbons (Fsp3) is 0.700. The molecule has 1 unspecified atom stereocenters. The summed E-state index contributed by atoms with van der Waals surface area (Å²) in [6.45, 7) is 16.0. The summed E-state index contributed by atoms with van der Waals surface area (Å²) in [5.74, 6) is 0. The SMILES string of the molecule is C[Si](C)(C)CC[Si](C)(C)[Si](C)(c1ccccc1)C1CCCCC1. The second kappa shape index (κ2) is 7.40. The predicted octanol–water partition coefficient (Wildman–Crippen LogP) is 6.43. The largest absolute Gasteiger partial charge is 0.0798 e. The van der Waals surface area contributed by atoms with Crippen LogP contribution in [0.1, 0.15) is 32.1 Å². The van der Waals surface area contributed by atoms with Gasteiger partial charge in [-0.2, -0.15) is 0 Å². The Morgan fingerprint density at radius 2 is 1.35 bits per heavy atom. The van der Waals surface area contributed by atoms with Gasteiger partial charge in [0.1, 0.15) is 0 Å². The van der Waals surface area contributed by atoms with Crippen LogP contribution in [0.15, 0.2) is 30.3 Å². The number of hydrogen-bond donors (Lipinski definition) is 0. The number of benzene rings is 1. The first kappa shape index (κ1) is 19.2. The van der Waals surface area contributed by atoms with Gasteiger partial charge in [0.05, 0.1) is 7.59 Å². The molecule has 0 heterocycles. The average Bonchev–Trinajstić information content (AvgIpc) is 2.53. The van der Waals surface area contributed by atoms with Crippen LogP contribution >= 0.6 is 0 Å². The first-order valence-corrected chi connectivity index (χ1v) is 20.2. The van der Waals surface area contributed by atoms with Gasteiger partial charge in [0.2, 0.25) is 0 Å². The van der Waals surface area contributed by atoms with E-state index >= 15 is 0 Å². The third-order valence-corrected chi connectivity index (χ3v) is 28.3. The van der Waals surface area contributed by atoms with Crippen LogP contribution in [-0.2, 0) is 0 Å². The van der Waals surface area contributed by atoms with Gasteiger partial charge in [-0.05, 0) is 5.54 Å². The van der Waals surface area contributed by atoms with E-state index < -0.39 is 23.3 Å². The highest BCUT2D eigenvalue weighted by Gasteiger charge is 2.50. The van der Waals surface area contributed by atoms with Gasteiger partial charge in [-0.25, -0.2) is 0 Å². The summed E-state index contributed by atoms with van der Waals surface area (Å²) in [6.07, 6.45) is 7.48. The molecule has 1 aliphatic carbocycles. The van der Waals surface area contributed by atoms with E-state index in [2.05, 4.69) is 69.6 Å². The Balaban J connectivity index is 2.36. The summed E-state index contributed by atoms with van der Waals surface area (Å²) in [4.78, 5) is 0. The molecule has 3 heteroatoms. The van der Waals surface area contributed by atoms with Crippen LogP contribution in [0.4, 0.5) is 0 Å². The van der Waals surface area contributed by atoms with Crippen molar-refractivity contribution in [3.8, 4) is 0 Å². The normalized spacial score (nSPS) is 20.3. The third kappa shape index (κ3) is 4.49. The van der Waals surface area contributed by atoms with Gasteiger partial charge in [-0.15, -0.1) is 0 Å². The lowest BCUT2D eigenvalue weighted by atomic mass is 10.0. The molecule has 1 saturated carbocycles. The van der Waals surface area contributed by atoms with Gasteiger partial charge < -0.3 is 0 Å². The Morgan fingerprint density at radius 3 is 1.87 bits per heavy atom. The molecule has 0 N–H and O–H groups in total. The first-order chi connectivity index (χ1) is 10.7. The van der Waals surface area contributed by atoms with Crippen molar-refractivity contribution in [2.75, 3.05) is 0 Å². The van der Waals surface area contributed by atoms with Crippen molar-refractivity contribution >= 4 is 28.4 Å². The second-order valence-corrected chi connectivity index (χ2v) is 30.7. The van der Waals surface area contributed by atoms with Crippen molar-refractivity contribution in [2.24, 2.45) is 0 Å². The standard InChI is InChI=1S/C20H38Si3/c1-21(2,3)17-18-22(4,5)23(6,19-13-9-7-10-14-19)20-15-11-8-12-16-20/h7,9-10,13-14,20H,8,11-12,15-18H2,1-6H3. The molecule has 0 bridgehead atoms. The predicted molar refractivity (Wildman–Crippen MR) is 115 cm³/mol. The number of hydrogen-bond acceptors (Lipinski definition) is 0. The van der Waals surface area contributed by atoms with Crippen molar-refractivity contribution < 1.29 is 0 Å². The summed E-state index contributed by atoms with van der Waals surface area (Å²) < 4.78 is 0. The second-order valence-electron chi connectivity index (χ2n) is 9.85. The first-order valence-electron chi connectivity index (χ1n) is 9.72. The molecule has 0 amide bonds. The molecule has 0 radical (unpaired) electrons. The van der Waals surface area contributed by atoms with Crippen LogP contribution in [-0.4, -0.2) is 23.3 Å². The quantitative estimate of drug-likeness (QED) is 0.511. The smallest absolute Gasteiger partial charge is 0.0710 e. The third-order valence-electron chi connectivity index (χ3n) is 6.70. The zero-order chi connectivity index (χ0) is 17.1. The number of rotatable bonds is 6. The molecule has 0 aromatic heterocycles. The zero-order valence-electron chi connectivity index (χ0n) is 16.4. The molecular formula is C20H38Si3. The van der Waals surface area contributed by atoms with Crippen LogP contribution in [0.2, 0.25) is 56.9 Å². The molecule has 0 nitrogen and oxygen atoms in total. The van der Waals surface area contributed by atoms with E-state index in [9.17, 15) is 0 Å². The van der Waals surface area contributed by atoms with Crippen molar-refractivity contribution in [2.45, 2.75) is 89.0 Å². The van der Waals surface area contributed by atoms with Gasteiger partial charge in [0.25, 0.3) is 0 Å².